The van der Waals surface area contributed by atoms with Gasteiger partial charge < -0.3 is 5.73 Å². The largest absolute Gasteiger partial charge is 0.325 e. The molecule has 2 rings (SSSR count). The summed E-state index contributed by atoms with van der Waals surface area (Å²) < 4.78 is 13.3. The van der Waals surface area contributed by atoms with Gasteiger partial charge in [0.2, 0.25) is 0 Å². The number of benzene rings is 1. The summed E-state index contributed by atoms with van der Waals surface area (Å²) in [6.45, 7) is 4.29. The molecule has 106 valence electrons. The molecular formula is C17H26FN. The summed E-state index contributed by atoms with van der Waals surface area (Å²) in [6, 6.07) is 5.04. The SMILES string of the molecule is CCCC1CCC(N)(Cc2cc(F)ccc2C)CC1. The summed E-state index contributed by atoms with van der Waals surface area (Å²) in [5, 5.41) is 0. The molecule has 0 atom stereocenters. The van der Waals surface area contributed by atoms with Gasteiger partial charge in [-0.25, -0.2) is 4.39 Å². The van der Waals surface area contributed by atoms with Gasteiger partial charge in [0.15, 0.2) is 0 Å². The first kappa shape index (κ1) is 14.5. The summed E-state index contributed by atoms with van der Waals surface area (Å²) in [5.74, 6) is 0.708. The van der Waals surface area contributed by atoms with Crippen molar-refractivity contribution >= 4 is 0 Å². The lowest BCUT2D eigenvalue weighted by Gasteiger charge is -2.37. The van der Waals surface area contributed by atoms with Gasteiger partial charge in [0.05, 0.1) is 0 Å². The van der Waals surface area contributed by atoms with Gasteiger partial charge in [-0.1, -0.05) is 25.8 Å². The molecule has 0 bridgehead atoms. The minimum atomic E-state index is -0.149. The van der Waals surface area contributed by atoms with Gasteiger partial charge in [-0.3, -0.25) is 0 Å². The Bertz CT molecular complexity index is 419. The van der Waals surface area contributed by atoms with E-state index >= 15 is 0 Å². The first-order valence-corrected chi connectivity index (χ1v) is 7.56. The Balaban J connectivity index is 2.00. The predicted octanol–water partition coefficient (Wildman–Crippen LogP) is 4.36. The Kier molecular flexibility index (Phi) is 4.62. The zero-order valence-corrected chi connectivity index (χ0v) is 12.2. The van der Waals surface area contributed by atoms with Crippen LogP contribution in [0.1, 0.15) is 56.6 Å². The maximum Gasteiger partial charge on any atom is 0.123 e. The molecule has 1 aromatic rings. The van der Waals surface area contributed by atoms with E-state index < -0.39 is 0 Å². The molecule has 2 heteroatoms. The third kappa shape index (κ3) is 3.79. The number of hydrogen-bond acceptors (Lipinski definition) is 1. The quantitative estimate of drug-likeness (QED) is 0.858. The molecule has 1 fully saturated rings. The van der Waals surface area contributed by atoms with Crippen LogP contribution in [0.5, 0.6) is 0 Å². The van der Waals surface area contributed by atoms with Gasteiger partial charge in [-0.15, -0.1) is 0 Å². The summed E-state index contributed by atoms with van der Waals surface area (Å²) in [6.07, 6.45) is 8.04. The molecule has 1 nitrogen and oxygen atoms in total. The van der Waals surface area contributed by atoms with E-state index in [0.29, 0.717) is 0 Å². The highest BCUT2D eigenvalue weighted by Gasteiger charge is 2.31. The van der Waals surface area contributed by atoms with Crippen molar-refractivity contribution in [3.63, 3.8) is 0 Å². The molecule has 0 aromatic heterocycles. The van der Waals surface area contributed by atoms with Crippen LogP contribution in [-0.2, 0) is 6.42 Å². The lowest BCUT2D eigenvalue weighted by atomic mass is 9.72. The standard InChI is InChI=1S/C17H26FN/c1-3-4-14-7-9-17(19,10-8-14)12-15-11-16(18)6-5-13(15)2/h5-6,11,14H,3-4,7-10,12,19H2,1-2H3. The molecule has 0 saturated heterocycles. The molecular weight excluding hydrogens is 237 g/mol. The van der Waals surface area contributed by atoms with Gasteiger partial charge in [-0.05, 0) is 68.2 Å². The third-order valence-corrected chi connectivity index (χ3v) is 4.65. The summed E-state index contributed by atoms with van der Waals surface area (Å²) in [5.41, 5.74) is 8.66. The predicted molar refractivity (Wildman–Crippen MR) is 78.6 cm³/mol. The molecule has 1 aliphatic carbocycles. The highest BCUT2D eigenvalue weighted by Crippen LogP contribution is 2.35. The Labute approximate surface area is 116 Å². The molecule has 2 N–H and O–H groups in total. The minimum absolute atomic E-state index is 0.122. The monoisotopic (exact) mass is 263 g/mol. The highest BCUT2D eigenvalue weighted by atomic mass is 19.1. The topological polar surface area (TPSA) is 26.0 Å². The fourth-order valence-corrected chi connectivity index (χ4v) is 3.34. The molecule has 1 saturated carbocycles. The van der Waals surface area contributed by atoms with Crippen molar-refractivity contribution in [2.45, 2.75) is 64.3 Å². The van der Waals surface area contributed by atoms with Gasteiger partial charge >= 0.3 is 0 Å². The zero-order chi connectivity index (χ0) is 13.9. The van der Waals surface area contributed by atoms with Gasteiger partial charge in [0.25, 0.3) is 0 Å². The Morgan fingerprint density at radius 3 is 2.63 bits per heavy atom. The maximum absolute atomic E-state index is 13.3. The van der Waals surface area contributed by atoms with Crippen LogP contribution in [0.4, 0.5) is 4.39 Å². The first-order chi connectivity index (χ1) is 9.02. The van der Waals surface area contributed by atoms with E-state index in [9.17, 15) is 4.39 Å². The van der Waals surface area contributed by atoms with E-state index in [2.05, 4.69) is 6.92 Å². The molecule has 0 amide bonds. The van der Waals surface area contributed by atoms with Crippen LogP contribution in [0.15, 0.2) is 18.2 Å². The van der Waals surface area contributed by atoms with Crippen molar-refractivity contribution in [1.29, 1.82) is 0 Å². The van der Waals surface area contributed by atoms with Crippen molar-refractivity contribution < 1.29 is 4.39 Å². The Hall–Kier alpha value is -0.890. The number of hydrogen-bond donors (Lipinski definition) is 1. The van der Waals surface area contributed by atoms with E-state index in [1.807, 2.05) is 13.0 Å². The molecule has 0 radical (unpaired) electrons. The second-order valence-corrected chi connectivity index (χ2v) is 6.34. The highest BCUT2D eigenvalue weighted by molar-refractivity contribution is 5.28. The second-order valence-electron chi connectivity index (χ2n) is 6.34. The summed E-state index contributed by atoms with van der Waals surface area (Å²) in [7, 11) is 0. The van der Waals surface area contributed by atoms with E-state index in [-0.39, 0.29) is 11.4 Å². The van der Waals surface area contributed by atoms with Crippen LogP contribution >= 0.6 is 0 Å². The van der Waals surface area contributed by atoms with E-state index in [1.165, 1.54) is 31.7 Å². The van der Waals surface area contributed by atoms with Crippen LogP contribution in [0, 0.1) is 18.7 Å². The normalized spacial score (nSPS) is 27.5. The van der Waals surface area contributed by atoms with Crippen molar-refractivity contribution in [3.8, 4) is 0 Å². The van der Waals surface area contributed by atoms with E-state index in [4.69, 9.17) is 5.73 Å². The van der Waals surface area contributed by atoms with Gasteiger partial charge in [-0.2, -0.15) is 0 Å². The van der Waals surface area contributed by atoms with E-state index in [0.717, 1.165) is 36.3 Å². The van der Waals surface area contributed by atoms with Crippen molar-refractivity contribution in [3.05, 3.63) is 35.1 Å². The third-order valence-electron chi connectivity index (χ3n) is 4.65. The number of rotatable bonds is 4. The van der Waals surface area contributed by atoms with Crippen molar-refractivity contribution in [2.75, 3.05) is 0 Å². The second kappa shape index (κ2) is 6.04. The smallest absolute Gasteiger partial charge is 0.123 e. The van der Waals surface area contributed by atoms with Crippen molar-refractivity contribution in [1.82, 2.24) is 0 Å². The average molecular weight is 263 g/mol. The maximum atomic E-state index is 13.3. The molecule has 0 heterocycles. The van der Waals surface area contributed by atoms with Crippen LogP contribution in [0.3, 0.4) is 0 Å². The fourth-order valence-electron chi connectivity index (χ4n) is 3.34. The zero-order valence-electron chi connectivity index (χ0n) is 12.2. The summed E-state index contributed by atoms with van der Waals surface area (Å²) >= 11 is 0. The molecule has 0 unspecified atom stereocenters. The molecule has 0 spiro atoms. The summed E-state index contributed by atoms with van der Waals surface area (Å²) in [4.78, 5) is 0. The first-order valence-electron chi connectivity index (χ1n) is 7.56. The van der Waals surface area contributed by atoms with Crippen LogP contribution in [0.25, 0.3) is 0 Å². The molecule has 0 aliphatic heterocycles. The van der Waals surface area contributed by atoms with Crippen LogP contribution < -0.4 is 5.73 Å². The van der Waals surface area contributed by atoms with Crippen LogP contribution in [-0.4, -0.2) is 5.54 Å². The molecule has 1 aliphatic rings. The molecule has 1 aromatic carbocycles. The number of nitrogens with two attached hydrogens (primary N) is 1. The lowest BCUT2D eigenvalue weighted by molar-refractivity contribution is 0.223. The number of aryl methyl sites for hydroxylation is 1. The van der Waals surface area contributed by atoms with Gasteiger partial charge in [0.1, 0.15) is 5.82 Å². The lowest BCUT2D eigenvalue weighted by Crippen LogP contribution is -2.45. The average Bonchev–Trinajstić information content (AvgIpc) is 2.37. The Morgan fingerprint density at radius 2 is 2.00 bits per heavy atom. The Morgan fingerprint density at radius 1 is 1.32 bits per heavy atom. The fraction of sp³-hybridized carbons (Fsp3) is 0.647. The van der Waals surface area contributed by atoms with E-state index in [1.54, 1.807) is 6.07 Å². The number of halogens is 1. The minimum Gasteiger partial charge on any atom is -0.325 e. The molecule has 19 heavy (non-hydrogen) atoms. The van der Waals surface area contributed by atoms with Crippen molar-refractivity contribution in [2.24, 2.45) is 11.7 Å². The van der Waals surface area contributed by atoms with Gasteiger partial charge in [0, 0.05) is 5.54 Å². The van der Waals surface area contributed by atoms with Crippen LogP contribution in [0.2, 0.25) is 0 Å².